The third-order valence-corrected chi connectivity index (χ3v) is 6.51. The van der Waals surface area contributed by atoms with Gasteiger partial charge in [0.05, 0.1) is 13.1 Å². The van der Waals surface area contributed by atoms with E-state index in [1.807, 2.05) is 13.8 Å². The Kier molecular flexibility index (Phi) is 14.7. The molecule has 0 saturated carbocycles. The highest BCUT2D eigenvalue weighted by Crippen LogP contribution is 2.13. The van der Waals surface area contributed by atoms with Crippen molar-refractivity contribution in [3.05, 3.63) is 65.7 Å². The standard InChI is InChI=1S/C33H45N5O9/c1-20(2)15-26(31(44)45)37-30(43)25(16-21-9-7-6-8-10-21)36-28(41)19-34-27(40)18-35-29(42)24(38-32(46)47-33(3,4)5)17-22-11-13-23(39)14-12-22/h6-14,20,24-26,39H,15-19H2,1-5H3,(H,34,40)(H,35,42)(H,36,41)(H,37,43)(H,38,46)(H,44,45)/t24-,25-,26-/m1/s1. The third kappa shape index (κ3) is 15.1. The molecule has 0 aliphatic heterocycles. The maximum atomic E-state index is 13.1. The zero-order valence-corrected chi connectivity index (χ0v) is 27.3. The van der Waals surface area contributed by atoms with Crippen LogP contribution in [-0.4, -0.2) is 82.7 Å². The van der Waals surface area contributed by atoms with Gasteiger partial charge in [0.2, 0.25) is 23.6 Å². The number of nitrogens with one attached hydrogen (secondary N) is 5. The van der Waals surface area contributed by atoms with Crippen molar-refractivity contribution < 1.29 is 43.7 Å². The van der Waals surface area contributed by atoms with E-state index in [1.54, 1.807) is 63.2 Å². The number of phenols is 1. The monoisotopic (exact) mass is 655 g/mol. The van der Waals surface area contributed by atoms with Crippen LogP contribution in [0.3, 0.4) is 0 Å². The summed E-state index contributed by atoms with van der Waals surface area (Å²) in [6.45, 7) is 7.58. The van der Waals surface area contributed by atoms with Gasteiger partial charge in [0.1, 0.15) is 29.5 Å². The van der Waals surface area contributed by atoms with Crippen LogP contribution in [0.4, 0.5) is 4.79 Å². The number of carboxylic acid groups (broad SMARTS) is 1. The van der Waals surface area contributed by atoms with Crippen molar-refractivity contribution >= 4 is 35.7 Å². The number of hydrogen-bond acceptors (Lipinski definition) is 8. The van der Waals surface area contributed by atoms with Crippen molar-refractivity contribution in [1.29, 1.82) is 0 Å². The molecule has 5 amide bonds. The van der Waals surface area contributed by atoms with Gasteiger partial charge in [0.15, 0.2) is 0 Å². The Morgan fingerprint density at radius 2 is 1.26 bits per heavy atom. The highest BCUT2D eigenvalue weighted by Gasteiger charge is 2.28. The summed E-state index contributed by atoms with van der Waals surface area (Å²) in [4.78, 5) is 75.4. The van der Waals surface area contributed by atoms with Crippen molar-refractivity contribution in [3.8, 4) is 5.75 Å². The zero-order chi connectivity index (χ0) is 35.1. The molecule has 2 aromatic rings. The first-order valence-corrected chi connectivity index (χ1v) is 15.2. The summed E-state index contributed by atoms with van der Waals surface area (Å²) >= 11 is 0. The molecule has 0 fully saturated rings. The molecular weight excluding hydrogens is 610 g/mol. The van der Waals surface area contributed by atoms with Crippen molar-refractivity contribution in [2.24, 2.45) is 5.92 Å². The molecule has 3 atom stereocenters. The van der Waals surface area contributed by atoms with E-state index >= 15 is 0 Å². The van der Waals surface area contributed by atoms with Crippen LogP contribution >= 0.6 is 0 Å². The van der Waals surface area contributed by atoms with Gasteiger partial charge in [-0.1, -0.05) is 56.3 Å². The summed E-state index contributed by atoms with van der Waals surface area (Å²) < 4.78 is 5.25. The van der Waals surface area contributed by atoms with E-state index in [4.69, 9.17) is 4.74 Å². The summed E-state index contributed by atoms with van der Waals surface area (Å²) in [7, 11) is 0. The van der Waals surface area contributed by atoms with Crippen LogP contribution in [0, 0.1) is 5.92 Å². The van der Waals surface area contributed by atoms with Gasteiger partial charge < -0.3 is 41.5 Å². The third-order valence-electron chi connectivity index (χ3n) is 6.51. The first-order valence-electron chi connectivity index (χ1n) is 15.2. The fourth-order valence-electron chi connectivity index (χ4n) is 4.33. The van der Waals surface area contributed by atoms with Crippen LogP contribution in [0.5, 0.6) is 5.75 Å². The molecule has 0 aliphatic carbocycles. The molecule has 0 bridgehead atoms. The summed E-state index contributed by atoms with van der Waals surface area (Å²) in [6, 6.07) is 11.4. The number of aromatic hydroxyl groups is 1. The molecule has 0 radical (unpaired) electrons. The number of aliphatic carboxylic acids is 1. The second kappa shape index (κ2) is 18.1. The number of amides is 5. The van der Waals surface area contributed by atoms with E-state index in [-0.39, 0.29) is 30.9 Å². The van der Waals surface area contributed by atoms with E-state index in [0.717, 1.165) is 5.56 Å². The molecule has 47 heavy (non-hydrogen) atoms. The second-order valence-electron chi connectivity index (χ2n) is 12.4. The number of carbonyl (C=O) groups excluding carboxylic acids is 5. The van der Waals surface area contributed by atoms with Gasteiger partial charge in [0, 0.05) is 12.8 Å². The average Bonchev–Trinajstić information content (AvgIpc) is 2.98. The summed E-state index contributed by atoms with van der Waals surface area (Å²) in [5, 5.41) is 31.4. The average molecular weight is 656 g/mol. The molecular formula is C33H45N5O9. The number of hydrogen-bond donors (Lipinski definition) is 7. The van der Waals surface area contributed by atoms with Gasteiger partial charge in [-0.05, 0) is 56.4 Å². The lowest BCUT2D eigenvalue weighted by Crippen LogP contribution is -2.54. The van der Waals surface area contributed by atoms with E-state index in [1.165, 1.54) is 12.1 Å². The predicted octanol–water partition coefficient (Wildman–Crippen LogP) is 1.40. The van der Waals surface area contributed by atoms with Crippen LogP contribution in [0.1, 0.15) is 52.2 Å². The highest BCUT2D eigenvalue weighted by atomic mass is 16.6. The smallest absolute Gasteiger partial charge is 0.408 e. The minimum atomic E-state index is -1.20. The Morgan fingerprint density at radius 3 is 1.81 bits per heavy atom. The predicted molar refractivity (Wildman–Crippen MR) is 172 cm³/mol. The number of carbonyl (C=O) groups is 6. The quantitative estimate of drug-likeness (QED) is 0.139. The van der Waals surface area contributed by atoms with Gasteiger partial charge in [-0.2, -0.15) is 0 Å². The van der Waals surface area contributed by atoms with Crippen molar-refractivity contribution in [1.82, 2.24) is 26.6 Å². The number of ether oxygens (including phenoxy) is 1. The van der Waals surface area contributed by atoms with Gasteiger partial charge in [-0.15, -0.1) is 0 Å². The number of rotatable bonds is 16. The Morgan fingerprint density at radius 1 is 0.702 bits per heavy atom. The molecule has 0 heterocycles. The summed E-state index contributed by atoms with van der Waals surface area (Å²) in [6.07, 6.45) is -0.549. The van der Waals surface area contributed by atoms with Crippen molar-refractivity contribution in [2.75, 3.05) is 13.1 Å². The fraction of sp³-hybridized carbons (Fsp3) is 0.455. The molecule has 7 N–H and O–H groups in total. The number of benzene rings is 2. The first kappa shape index (κ1) is 38.0. The summed E-state index contributed by atoms with van der Waals surface area (Å²) in [5.74, 6) is -4.00. The van der Waals surface area contributed by atoms with E-state index in [9.17, 15) is 39.0 Å². The molecule has 14 nitrogen and oxygen atoms in total. The lowest BCUT2D eigenvalue weighted by molar-refractivity contribution is -0.142. The Balaban J connectivity index is 2.00. The fourth-order valence-corrected chi connectivity index (χ4v) is 4.33. The normalized spacial score (nSPS) is 13.0. The topological polar surface area (TPSA) is 212 Å². The Hall–Kier alpha value is -5.14. The molecule has 14 heteroatoms. The van der Waals surface area contributed by atoms with Crippen LogP contribution in [-0.2, 0) is 41.6 Å². The van der Waals surface area contributed by atoms with Crippen molar-refractivity contribution in [3.63, 3.8) is 0 Å². The molecule has 0 saturated heterocycles. The molecule has 2 aromatic carbocycles. The minimum Gasteiger partial charge on any atom is -0.508 e. The maximum absolute atomic E-state index is 13.1. The second-order valence-corrected chi connectivity index (χ2v) is 12.4. The van der Waals surface area contributed by atoms with Crippen LogP contribution in [0.2, 0.25) is 0 Å². The van der Waals surface area contributed by atoms with E-state index in [2.05, 4.69) is 26.6 Å². The first-order chi connectivity index (χ1) is 22.0. The zero-order valence-electron chi connectivity index (χ0n) is 27.3. The molecule has 0 spiro atoms. The van der Waals surface area contributed by atoms with Gasteiger partial charge in [-0.3, -0.25) is 19.2 Å². The lowest BCUT2D eigenvalue weighted by atomic mass is 10.0. The molecule has 256 valence electrons. The Bertz CT molecular complexity index is 1380. The van der Waals surface area contributed by atoms with Gasteiger partial charge >= 0.3 is 12.1 Å². The van der Waals surface area contributed by atoms with Gasteiger partial charge in [-0.25, -0.2) is 9.59 Å². The number of alkyl carbamates (subject to hydrolysis) is 1. The summed E-state index contributed by atoms with van der Waals surface area (Å²) in [5.41, 5.74) is 0.516. The van der Waals surface area contributed by atoms with E-state index in [0.29, 0.717) is 5.56 Å². The molecule has 0 aromatic heterocycles. The van der Waals surface area contributed by atoms with Gasteiger partial charge in [0.25, 0.3) is 0 Å². The van der Waals surface area contributed by atoms with Crippen LogP contribution in [0.25, 0.3) is 0 Å². The highest BCUT2D eigenvalue weighted by molar-refractivity contribution is 5.93. The maximum Gasteiger partial charge on any atom is 0.408 e. The number of phenolic OH excluding ortho intramolecular Hbond substituents is 1. The SMILES string of the molecule is CC(C)C[C@@H](NC(=O)[C@@H](Cc1ccccc1)NC(=O)CNC(=O)CNC(=O)[C@@H](Cc1ccc(O)cc1)NC(=O)OC(C)(C)C)C(=O)O. The molecule has 0 aliphatic rings. The van der Waals surface area contributed by atoms with E-state index < -0.39 is 72.5 Å². The van der Waals surface area contributed by atoms with Crippen LogP contribution < -0.4 is 26.6 Å². The largest absolute Gasteiger partial charge is 0.508 e. The molecule has 2 rings (SSSR count). The minimum absolute atomic E-state index is 0.00884. The lowest BCUT2D eigenvalue weighted by Gasteiger charge is -2.23. The Labute approximate surface area is 274 Å². The van der Waals surface area contributed by atoms with Crippen LogP contribution in [0.15, 0.2) is 54.6 Å². The number of carboxylic acids is 1. The molecule has 0 unspecified atom stereocenters. The van der Waals surface area contributed by atoms with Crippen molar-refractivity contribution in [2.45, 2.75) is 77.6 Å².